The van der Waals surface area contributed by atoms with Crippen molar-refractivity contribution in [2.45, 2.75) is 6.92 Å². The van der Waals surface area contributed by atoms with E-state index in [0.717, 1.165) is 5.70 Å². The highest BCUT2D eigenvalue weighted by atomic mass is 15.5. The molecular weight excluding hydrogens is 112 g/mol. The molecule has 0 aromatic rings. The number of hydrogen-bond acceptors (Lipinski definition) is 2. The molecule has 2 heteroatoms. The van der Waals surface area contributed by atoms with Gasteiger partial charge in [-0.15, -0.1) is 0 Å². The van der Waals surface area contributed by atoms with Crippen LogP contribution in [0.25, 0.3) is 0 Å². The summed E-state index contributed by atoms with van der Waals surface area (Å²) >= 11 is 0. The quantitative estimate of drug-likeness (QED) is 0.450. The van der Waals surface area contributed by atoms with Crippen molar-refractivity contribution in [1.29, 1.82) is 0 Å². The first kappa shape index (κ1) is 8.24. The Morgan fingerprint density at radius 3 is 2.56 bits per heavy atom. The molecule has 1 N–H and O–H groups in total. The van der Waals surface area contributed by atoms with Crippen LogP contribution >= 0.6 is 0 Å². The molecule has 0 aromatic carbocycles. The van der Waals surface area contributed by atoms with E-state index >= 15 is 0 Å². The summed E-state index contributed by atoms with van der Waals surface area (Å²) < 4.78 is 0. The molecule has 52 valence electrons. The van der Waals surface area contributed by atoms with Gasteiger partial charge in [-0.3, -0.25) is 0 Å². The monoisotopic (exact) mass is 126 g/mol. The third-order valence-electron chi connectivity index (χ3n) is 1.22. The lowest BCUT2D eigenvalue weighted by Crippen LogP contribution is -2.28. The number of hydrazine groups is 1. The lowest BCUT2D eigenvalue weighted by atomic mass is 10.4. The molecular formula is C7H14N2. The Bertz CT molecular complexity index is 116. The molecule has 0 aliphatic heterocycles. The Morgan fingerprint density at radius 1 is 1.67 bits per heavy atom. The lowest BCUT2D eigenvalue weighted by Gasteiger charge is -2.16. The molecule has 0 radical (unpaired) electrons. The van der Waals surface area contributed by atoms with Crippen molar-refractivity contribution in [3.63, 3.8) is 0 Å². The van der Waals surface area contributed by atoms with E-state index in [0.29, 0.717) is 0 Å². The predicted molar refractivity (Wildman–Crippen MR) is 40.8 cm³/mol. The summed E-state index contributed by atoms with van der Waals surface area (Å²) in [5.74, 6) is 0. The van der Waals surface area contributed by atoms with Gasteiger partial charge in [0.05, 0.1) is 0 Å². The van der Waals surface area contributed by atoms with Crippen LogP contribution in [0, 0.1) is 0 Å². The second-order valence-corrected chi connectivity index (χ2v) is 1.83. The maximum atomic E-state index is 3.59. The van der Waals surface area contributed by atoms with Crippen molar-refractivity contribution in [2.24, 2.45) is 0 Å². The second kappa shape index (κ2) is 4.15. The van der Waals surface area contributed by atoms with Gasteiger partial charge in [-0.25, -0.2) is 5.43 Å². The van der Waals surface area contributed by atoms with Crippen LogP contribution in [-0.2, 0) is 0 Å². The summed E-state index contributed by atoms with van der Waals surface area (Å²) in [5, 5.41) is 1.92. The van der Waals surface area contributed by atoms with Crippen LogP contribution in [0.1, 0.15) is 6.92 Å². The van der Waals surface area contributed by atoms with E-state index in [1.54, 1.807) is 6.08 Å². The smallest absolute Gasteiger partial charge is 0.0259 e. The molecule has 0 unspecified atom stereocenters. The highest BCUT2D eigenvalue weighted by Gasteiger charge is 1.89. The highest BCUT2D eigenvalue weighted by molar-refractivity contribution is 5.05. The average molecular weight is 126 g/mol. The first-order valence-electron chi connectivity index (χ1n) is 2.92. The number of nitrogens with zero attached hydrogens (tertiary/aromatic N) is 1. The van der Waals surface area contributed by atoms with Gasteiger partial charge in [0.25, 0.3) is 0 Å². The Labute approximate surface area is 56.8 Å². The second-order valence-electron chi connectivity index (χ2n) is 1.83. The van der Waals surface area contributed by atoms with Crippen molar-refractivity contribution >= 4 is 0 Å². The molecule has 2 nitrogen and oxygen atoms in total. The first-order chi connectivity index (χ1) is 4.22. The zero-order chi connectivity index (χ0) is 7.28. The minimum absolute atomic E-state index is 1.15. The average Bonchev–Trinajstić information content (AvgIpc) is 1.87. The van der Waals surface area contributed by atoms with E-state index in [1.165, 1.54) is 0 Å². The summed E-state index contributed by atoms with van der Waals surface area (Å²) in [4.78, 5) is 0. The van der Waals surface area contributed by atoms with Crippen LogP contribution in [0.15, 0.2) is 24.4 Å². The van der Waals surface area contributed by atoms with E-state index in [9.17, 15) is 0 Å². The van der Waals surface area contributed by atoms with Gasteiger partial charge < -0.3 is 5.01 Å². The molecule has 0 spiro atoms. The van der Waals surface area contributed by atoms with Crippen molar-refractivity contribution in [2.75, 3.05) is 14.1 Å². The number of rotatable bonds is 3. The molecule has 0 rings (SSSR count). The van der Waals surface area contributed by atoms with Crippen LogP contribution in [0.3, 0.4) is 0 Å². The van der Waals surface area contributed by atoms with Crippen LogP contribution in [-0.4, -0.2) is 19.1 Å². The maximum absolute atomic E-state index is 3.59. The van der Waals surface area contributed by atoms with Gasteiger partial charge in [-0.1, -0.05) is 12.7 Å². The Hall–Kier alpha value is -0.760. The van der Waals surface area contributed by atoms with Crippen molar-refractivity contribution < 1.29 is 0 Å². The van der Waals surface area contributed by atoms with E-state index in [1.807, 2.05) is 32.1 Å². The SMILES string of the molecule is C=C/C=C(\C)N(C)NC. The molecule has 0 saturated carbocycles. The molecule has 0 saturated heterocycles. The van der Waals surface area contributed by atoms with E-state index in [-0.39, 0.29) is 0 Å². The molecule has 0 aliphatic carbocycles. The van der Waals surface area contributed by atoms with Crippen molar-refractivity contribution in [3.05, 3.63) is 24.4 Å². The van der Waals surface area contributed by atoms with Gasteiger partial charge >= 0.3 is 0 Å². The molecule has 0 aromatic heterocycles. The van der Waals surface area contributed by atoms with Gasteiger partial charge in [0.2, 0.25) is 0 Å². The number of nitrogens with one attached hydrogen (secondary N) is 1. The Kier molecular flexibility index (Phi) is 3.80. The third-order valence-corrected chi connectivity index (χ3v) is 1.22. The summed E-state index contributed by atoms with van der Waals surface area (Å²) in [6.07, 6.45) is 3.71. The fourth-order valence-electron chi connectivity index (χ4n) is 0.459. The van der Waals surface area contributed by atoms with Crippen molar-refractivity contribution in [1.82, 2.24) is 10.4 Å². The Morgan fingerprint density at radius 2 is 2.22 bits per heavy atom. The van der Waals surface area contributed by atoms with Crippen LogP contribution in [0.5, 0.6) is 0 Å². The maximum Gasteiger partial charge on any atom is 0.0259 e. The summed E-state index contributed by atoms with van der Waals surface area (Å²) in [7, 11) is 3.83. The number of hydrogen-bond donors (Lipinski definition) is 1. The minimum atomic E-state index is 1.15. The van der Waals surface area contributed by atoms with Crippen LogP contribution in [0.2, 0.25) is 0 Å². The fourth-order valence-corrected chi connectivity index (χ4v) is 0.459. The van der Waals surface area contributed by atoms with E-state index < -0.39 is 0 Å². The zero-order valence-corrected chi connectivity index (χ0v) is 6.31. The molecule has 0 atom stereocenters. The van der Waals surface area contributed by atoms with E-state index in [2.05, 4.69) is 12.0 Å². The van der Waals surface area contributed by atoms with Gasteiger partial charge in [0.15, 0.2) is 0 Å². The van der Waals surface area contributed by atoms with Gasteiger partial charge in [0, 0.05) is 19.8 Å². The van der Waals surface area contributed by atoms with Gasteiger partial charge in [-0.2, -0.15) is 0 Å². The first-order valence-corrected chi connectivity index (χ1v) is 2.92. The van der Waals surface area contributed by atoms with Gasteiger partial charge in [-0.05, 0) is 13.0 Å². The van der Waals surface area contributed by atoms with Crippen LogP contribution in [0.4, 0.5) is 0 Å². The Balaban J connectivity index is 3.84. The largest absolute Gasteiger partial charge is 0.316 e. The molecule has 0 amide bonds. The molecule has 9 heavy (non-hydrogen) atoms. The normalized spacial score (nSPS) is 11.2. The zero-order valence-electron chi connectivity index (χ0n) is 6.31. The topological polar surface area (TPSA) is 15.3 Å². The summed E-state index contributed by atoms with van der Waals surface area (Å²) in [6, 6.07) is 0. The molecule has 0 bridgehead atoms. The van der Waals surface area contributed by atoms with Crippen molar-refractivity contribution in [3.8, 4) is 0 Å². The fraction of sp³-hybridized carbons (Fsp3) is 0.429. The van der Waals surface area contributed by atoms with E-state index in [4.69, 9.17) is 0 Å². The standard InChI is InChI=1S/C7H14N2/c1-5-6-7(2)9(4)8-3/h5-6,8H,1H2,2-4H3/b7-6+. The molecule has 0 fully saturated rings. The number of allylic oxidation sites excluding steroid dienone is 3. The van der Waals surface area contributed by atoms with Gasteiger partial charge in [0.1, 0.15) is 0 Å². The molecule has 0 aliphatic rings. The summed E-state index contributed by atoms with van der Waals surface area (Å²) in [5.41, 5.74) is 4.11. The molecule has 0 heterocycles. The minimum Gasteiger partial charge on any atom is -0.316 e. The third kappa shape index (κ3) is 2.93. The lowest BCUT2D eigenvalue weighted by molar-refractivity contribution is 0.333. The summed E-state index contributed by atoms with van der Waals surface area (Å²) in [6.45, 7) is 5.60. The highest BCUT2D eigenvalue weighted by Crippen LogP contribution is 1.93. The van der Waals surface area contributed by atoms with Crippen LogP contribution < -0.4 is 5.43 Å². The predicted octanol–water partition coefficient (Wildman–Crippen LogP) is 1.14.